The van der Waals surface area contributed by atoms with E-state index in [0.29, 0.717) is 12.8 Å². The third-order valence-electron chi connectivity index (χ3n) is 4.77. The second-order valence-corrected chi connectivity index (χ2v) is 6.73. The molecule has 0 atom stereocenters. The van der Waals surface area contributed by atoms with Crippen LogP contribution >= 0.6 is 0 Å². The predicted octanol–water partition coefficient (Wildman–Crippen LogP) is 3.77. The van der Waals surface area contributed by atoms with Gasteiger partial charge in [-0.25, -0.2) is 0 Å². The van der Waals surface area contributed by atoms with Crippen LogP contribution in [-0.4, -0.2) is 19.0 Å². The minimum absolute atomic E-state index is 0.176. The van der Waals surface area contributed by atoms with Crippen LogP contribution in [0.4, 0.5) is 5.69 Å². The number of esters is 1. The summed E-state index contributed by atoms with van der Waals surface area (Å²) in [6.45, 7) is 3.98. The van der Waals surface area contributed by atoms with Gasteiger partial charge in [-0.15, -0.1) is 0 Å². The monoisotopic (exact) mass is 353 g/mol. The quantitative estimate of drug-likeness (QED) is 0.634. The molecule has 0 aliphatic heterocycles. The van der Waals surface area contributed by atoms with Gasteiger partial charge < -0.3 is 14.8 Å². The Morgan fingerprint density at radius 2 is 1.69 bits per heavy atom. The van der Waals surface area contributed by atoms with Crippen molar-refractivity contribution in [1.82, 2.24) is 0 Å². The van der Waals surface area contributed by atoms with E-state index in [9.17, 15) is 9.59 Å². The minimum Gasteiger partial charge on any atom is -0.497 e. The molecule has 5 heteroatoms. The van der Waals surface area contributed by atoms with Crippen molar-refractivity contribution < 1.29 is 19.1 Å². The minimum atomic E-state index is -1.06. The van der Waals surface area contributed by atoms with Crippen LogP contribution in [0.5, 0.6) is 5.75 Å². The third kappa shape index (κ3) is 3.57. The molecule has 1 fully saturated rings. The van der Waals surface area contributed by atoms with Crippen molar-refractivity contribution in [3.05, 3.63) is 59.2 Å². The average molecular weight is 353 g/mol. The maximum Gasteiger partial charge on any atom is 0.321 e. The molecule has 1 N–H and O–H groups in total. The largest absolute Gasteiger partial charge is 0.497 e. The number of hydrogen-bond acceptors (Lipinski definition) is 4. The number of rotatable bonds is 6. The smallest absolute Gasteiger partial charge is 0.321 e. The number of methoxy groups -OCH3 is 1. The molecular formula is C21H23NO4. The van der Waals surface area contributed by atoms with Crippen molar-refractivity contribution in [2.24, 2.45) is 5.41 Å². The summed E-state index contributed by atoms with van der Waals surface area (Å²) >= 11 is 0. The Labute approximate surface area is 153 Å². The van der Waals surface area contributed by atoms with Crippen molar-refractivity contribution in [3.63, 3.8) is 0 Å². The molecule has 136 valence electrons. The summed E-state index contributed by atoms with van der Waals surface area (Å²) in [7, 11) is 1.61. The Morgan fingerprint density at radius 1 is 1.08 bits per heavy atom. The van der Waals surface area contributed by atoms with E-state index in [1.807, 2.05) is 56.3 Å². The molecule has 26 heavy (non-hydrogen) atoms. The zero-order chi connectivity index (χ0) is 18.7. The summed E-state index contributed by atoms with van der Waals surface area (Å²) in [4.78, 5) is 25.3. The fourth-order valence-electron chi connectivity index (χ4n) is 2.98. The maximum atomic E-state index is 12.8. The van der Waals surface area contributed by atoms with Crippen LogP contribution in [0, 0.1) is 19.3 Å². The Balaban J connectivity index is 1.68. The zero-order valence-electron chi connectivity index (χ0n) is 15.3. The normalized spacial score (nSPS) is 14.4. The van der Waals surface area contributed by atoms with Gasteiger partial charge in [-0.1, -0.05) is 30.3 Å². The van der Waals surface area contributed by atoms with Crippen LogP contribution in [0.2, 0.25) is 0 Å². The summed E-state index contributed by atoms with van der Waals surface area (Å²) in [5, 5.41) is 2.92. The summed E-state index contributed by atoms with van der Waals surface area (Å²) in [5.41, 5.74) is 2.34. The highest BCUT2D eigenvalue weighted by molar-refractivity contribution is 6.11. The van der Waals surface area contributed by atoms with Gasteiger partial charge in [-0.3, -0.25) is 9.59 Å². The highest BCUT2D eigenvalue weighted by Gasteiger charge is 2.58. The molecule has 1 saturated carbocycles. The highest BCUT2D eigenvalue weighted by atomic mass is 16.5. The van der Waals surface area contributed by atoms with Crippen LogP contribution in [0.25, 0.3) is 0 Å². The van der Waals surface area contributed by atoms with Gasteiger partial charge in [0.15, 0.2) is 0 Å². The summed E-state index contributed by atoms with van der Waals surface area (Å²) in [6.07, 6.45) is 1.03. The molecule has 0 radical (unpaired) electrons. The maximum absolute atomic E-state index is 12.8. The number of anilines is 1. The van der Waals surface area contributed by atoms with Crippen LogP contribution in [-0.2, 0) is 20.9 Å². The first-order valence-electron chi connectivity index (χ1n) is 8.64. The first-order chi connectivity index (χ1) is 12.5. The number of hydrogen-bond donors (Lipinski definition) is 1. The first-order valence-corrected chi connectivity index (χ1v) is 8.64. The summed E-state index contributed by atoms with van der Waals surface area (Å²) < 4.78 is 10.6. The summed E-state index contributed by atoms with van der Waals surface area (Å²) in [6, 6.07) is 13.2. The van der Waals surface area contributed by atoms with Gasteiger partial charge in [0.25, 0.3) is 0 Å². The Hall–Kier alpha value is -2.82. The van der Waals surface area contributed by atoms with E-state index in [1.54, 1.807) is 7.11 Å². The Kier molecular flexibility index (Phi) is 4.98. The topological polar surface area (TPSA) is 64.6 Å². The van der Waals surface area contributed by atoms with E-state index in [2.05, 4.69) is 5.32 Å². The fraction of sp³-hybridized carbons (Fsp3) is 0.333. The number of benzene rings is 2. The van der Waals surface area contributed by atoms with Crippen molar-refractivity contribution >= 4 is 17.6 Å². The average Bonchev–Trinajstić information content (AvgIpc) is 3.45. The molecule has 0 unspecified atom stereocenters. The molecule has 2 aromatic rings. The molecule has 5 nitrogen and oxygen atoms in total. The lowest BCUT2D eigenvalue weighted by Crippen LogP contribution is -2.33. The van der Waals surface area contributed by atoms with Crippen LogP contribution in [0.1, 0.15) is 29.5 Å². The van der Waals surface area contributed by atoms with Crippen LogP contribution in [0.15, 0.2) is 42.5 Å². The van der Waals surface area contributed by atoms with E-state index in [4.69, 9.17) is 9.47 Å². The van der Waals surface area contributed by atoms with Gasteiger partial charge >= 0.3 is 5.97 Å². The third-order valence-corrected chi connectivity index (χ3v) is 4.77. The van der Waals surface area contributed by atoms with E-state index in [0.717, 1.165) is 28.1 Å². The van der Waals surface area contributed by atoms with Crippen molar-refractivity contribution in [1.29, 1.82) is 0 Å². The van der Waals surface area contributed by atoms with Crippen LogP contribution < -0.4 is 10.1 Å². The lowest BCUT2D eigenvalue weighted by molar-refractivity contribution is -0.154. The number of amides is 1. The molecule has 0 saturated heterocycles. The SMILES string of the molecule is COc1cc(C)c(NC(=O)C2(C(=O)OCc3ccccc3)CC2)c(C)c1. The molecule has 0 heterocycles. The van der Waals surface area contributed by atoms with E-state index in [-0.39, 0.29) is 12.5 Å². The molecule has 0 bridgehead atoms. The van der Waals surface area contributed by atoms with Gasteiger partial charge in [0, 0.05) is 5.69 Å². The van der Waals surface area contributed by atoms with Gasteiger partial charge in [0.1, 0.15) is 17.8 Å². The number of carbonyl (C=O) groups excluding carboxylic acids is 2. The second kappa shape index (κ2) is 7.20. The molecule has 0 aromatic heterocycles. The molecule has 2 aromatic carbocycles. The first kappa shape index (κ1) is 18.0. The lowest BCUT2D eigenvalue weighted by Gasteiger charge is -2.18. The van der Waals surface area contributed by atoms with Crippen molar-refractivity contribution in [3.8, 4) is 5.75 Å². The number of aryl methyl sites for hydroxylation is 2. The van der Waals surface area contributed by atoms with Gasteiger partial charge in [0.2, 0.25) is 5.91 Å². The molecular weight excluding hydrogens is 330 g/mol. The highest BCUT2D eigenvalue weighted by Crippen LogP contribution is 2.48. The van der Waals surface area contributed by atoms with Crippen molar-refractivity contribution in [2.45, 2.75) is 33.3 Å². The molecule has 1 aliphatic rings. The molecule has 3 rings (SSSR count). The van der Waals surface area contributed by atoms with Gasteiger partial charge in [-0.05, 0) is 55.5 Å². The van der Waals surface area contributed by atoms with E-state index >= 15 is 0 Å². The fourth-order valence-corrected chi connectivity index (χ4v) is 2.98. The second-order valence-electron chi connectivity index (χ2n) is 6.73. The van der Waals surface area contributed by atoms with Crippen LogP contribution in [0.3, 0.4) is 0 Å². The molecule has 1 amide bonds. The standard InChI is InChI=1S/C21H23NO4/c1-14-11-17(25-3)12-15(2)18(14)22-19(23)21(9-10-21)20(24)26-13-16-7-5-4-6-8-16/h4-8,11-12H,9-10,13H2,1-3H3,(H,22,23). The van der Waals surface area contributed by atoms with Gasteiger partial charge in [0.05, 0.1) is 7.11 Å². The Bertz CT molecular complexity index is 802. The van der Waals surface area contributed by atoms with Gasteiger partial charge in [-0.2, -0.15) is 0 Å². The molecule has 1 aliphatic carbocycles. The Morgan fingerprint density at radius 3 is 2.23 bits per heavy atom. The van der Waals surface area contributed by atoms with Crippen molar-refractivity contribution in [2.75, 3.05) is 12.4 Å². The number of nitrogens with one attached hydrogen (secondary N) is 1. The molecule has 0 spiro atoms. The zero-order valence-corrected chi connectivity index (χ0v) is 15.3. The van der Waals surface area contributed by atoms with E-state index in [1.165, 1.54) is 0 Å². The predicted molar refractivity (Wildman–Crippen MR) is 99.0 cm³/mol. The number of carbonyl (C=O) groups is 2. The van der Waals surface area contributed by atoms with E-state index < -0.39 is 11.4 Å². The lowest BCUT2D eigenvalue weighted by atomic mass is 10.0. The summed E-state index contributed by atoms with van der Waals surface area (Å²) in [5.74, 6) is -0.0176. The number of ether oxygens (including phenoxy) is 2.